The number of Topliss-reactive ketones (excluding diaryl/α,β-unsaturated/α-hetero) is 1. The number of unbranched alkanes of at least 4 members (excludes halogenated alkanes) is 8. The summed E-state index contributed by atoms with van der Waals surface area (Å²) < 4.78 is 33.5. The molecule has 1 saturated carbocycles. The van der Waals surface area contributed by atoms with Gasteiger partial charge in [0.15, 0.2) is 0 Å². The van der Waals surface area contributed by atoms with Crippen LogP contribution in [0.2, 0.25) is 0 Å². The van der Waals surface area contributed by atoms with Crippen molar-refractivity contribution in [2.75, 3.05) is 0 Å². The Morgan fingerprint density at radius 2 is 1.71 bits per heavy atom. The van der Waals surface area contributed by atoms with Gasteiger partial charge in [0.05, 0.1) is 12.2 Å². The smallest absolute Gasteiger partial charge is 0.306 e. The van der Waals surface area contributed by atoms with E-state index in [1.54, 1.807) is 0 Å². The fraction of sp³-hybridized carbons (Fsp3) is 0.852. The van der Waals surface area contributed by atoms with E-state index < -0.39 is 24.0 Å². The molecule has 0 radical (unpaired) electrons. The first-order chi connectivity index (χ1) is 16.1. The van der Waals surface area contributed by atoms with E-state index in [9.17, 15) is 28.6 Å². The molecule has 0 aromatic heterocycles. The van der Waals surface area contributed by atoms with Crippen LogP contribution in [-0.4, -0.2) is 46.2 Å². The highest BCUT2D eigenvalue weighted by Gasteiger charge is 2.41. The number of hydrogen-bond donors (Lipinski definition) is 2. The number of carbonyl (C=O) groups is 2. The number of aliphatic hydroxyl groups is 2. The van der Waals surface area contributed by atoms with E-state index in [0.29, 0.717) is 25.7 Å². The molecule has 0 saturated heterocycles. The molecular weight excluding hydrogens is 442 g/mol. The molecule has 0 spiro atoms. The average molecular weight is 489 g/mol. The summed E-state index contributed by atoms with van der Waals surface area (Å²) in [6.45, 7) is 5.67. The van der Waals surface area contributed by atoms with E-state index in [-0.39, 0.29) is 36.6 Å². The molecule has 0 aliphatic heterocycles. The average Bonchev–Trinajstić information content (AvgIpc) is 3.02. The van der Waals surface area contributed by atoms with Gasteiger partial charge in [0.1, 0.15) is 11.9 Å². The molecule has 5 nitrogen and oxygen atoms in total. The summed E-state index contributed by atoms with van der Waals surface area (Å²) in [5, 5.41) is 20.3. The number of halogens is 2. The largest absolute Gasteiger partial charge is 0.463 e. The molecule has 0 bridgehead atoms. The molecule has 0 amide bonds. The normalized spacial score (nSPS) is 22.1. The molecule has 7 heteroatoms. The van der Waals surface area contributed by atoms with Crippen molar-refractivity contribution < 1.29 is 33.3 Å². The fourth-order valence-electron chi connectivity index (χ4n) is 4.56. The second-order valence-electron chi connectivity index (χ2n) is 10.0. The third kappa shape index (κ3) is 11.9. The Balaban J connectivity index is 2.37. The fourth-order valence-corrected chi connectivity index (χ4v) is 4.56. The minimum absolute atomic E-state index is 0.0355. The van der Waals surface area contributed by atoms with Crippen molar-refractivity contribution in [3.63, 3.8) is 0 Å². The number of carbonyl (C=O) groups excluding carboxylic acids is 2. The zero-order valence-corrected chi connectivity index (χ0v) is 21.3. The summed E-state index contributed by atoms with van der Waals surface area (Å²) in [7, 11) is 0. The van der Waals surface area contributed by atoms with Crippen LogP contribution < -0.4 is 0 Å². The van der Waals surface area contributed by atoms with Gasteiger partial charge in [-0.25, -0.2) is 8.78 Å². The number of hydrogen-bond acceptors (Lipinski definition) is 5. The molecule has 1 rings (SSSR count). The van der Waals surface area contributed by atoms with Gasteiger partial charge >= 0.3 is 5.97 Å². The van der Waals surface area contributed by atoms with Crippen molar-refractivity contribution in [3.05, 3.63) is 12.2 Å². The number of ether oxygens (including phenoxy) is 1. The summed E-state index contributed by atoms with van der Waals surface area (Å²) in [5.74, 6) is -4.32. The first kappa shape index (κ1) is 30.7. The van der Waals surface area contributed by atoms with Crippen LogP contribution in [-0.2, 0) is 14.3 Å². The Labute approximate surface area is 204 Å². The van der Waals surface area contributed by atoms with Crippen molar-refractivity contribution in [3.8, 4) is 0 Å². The molecule has 2 N–H and O–H groups in total. The monoisotopic (exact) mass is 488 g/mol. The maximum atomic E-state index is 14.2. The molecule has 1 fully saturated rings. The van der Waals surface area contributed by atoms with Gasteiger partial charge in [0.2, 0.25) is 0 Å². The van der Waals surface area contributed by atoms with Gasteiger partial charge in [-0.05, 0) is 33.1 Å². The molecule has 1 aliphatic rings. The summed E-state index contributed by atoms with van der Waals surface area (Å²) >= 11 is 0. The van der Waals surface area contributed by atoms with Crippen LogP contribution in [0, 0.1) is 11.8 Å². The van der Waals surface area contributed by atoms with Crippen molar-refractivity contribution >= 4 is 11.8 Å². The topological polar surface area (TPSA) is 83.8 Å². The van der Waals surface area contributed by atoms with E-state index >= 15 is 0 Å². The third-order valence-corrected chi connectivity index (χ3v) is 6.56. The Bertz CT molecular complexity index is 620. The molecule has 0 aromatic rings. The zero-order valence-electron chi connectivity index (χ0n) is 21.3. The van der Waals surface area contributed by atoms with E-state index in [4.69, 9.17) is 4.74 Å². The van der Waals surface area contributed by atoms with Gasteiger partial charge in [-0.1, -0.05) is 70.4 Å². The predicted molar refractivity (Wildman–Crippen MR) is 130 cm³/mol. The minimum atomic E-state index is -3.21. The van der Waals surface area contributed by atoms with E-state index in [2.05, 4.69) is 0 Å². The Hall–Kier alpha value is -1.34. The Morgan fingerprint density at radius 3 is 2.35 bits per heavy atom. The van der Waals surface area contributed by atoms with Gasteiger partial charge in [-0.2, -0.15) is 0 Å². The molecule has 1 aliphatic carbocycles. The van der Waals surface area contributed by atoms with Crippen LogP contribution in [0.15, 0.2) is 12.2 Å². The lowest BCUT2D eigenvalue weighted by atomic mass is 9.88. The van der Waals surface area contributed by atoms with Crippen molar-refractivity contribution in [1.29, 1.82) is 0 Å². The summed E-state index contributed by atoms with van der Waals surface area (Å²) in [4.78, 5) is 23.8. The second kappa shape index (κ2) is 16.4. The lowest BCUT2D eigenvalue weighted by Gasteiger charge is -2.22. The van der Waals surface area contributed by atoms with Gasteiger partial charge in [-0.15, -0.1) is 0 Å². The second-order valence-corrected chi connectivity index (χ2v) is 10.0. The first-order valence-electron chi connectivity index (χ1n) is 13.2. The lowest BCUT2D eigenvalue weighted by Crippen LogP contribution is -2.32. The van der Waals surface area contributed by atoms with Gasteiger partial charge < -0.3 is 14.9 Å². The van der Waals surface area contributed by atoms with Crippen LogP contribution in [0.25, 0.3) is 0 Å². The predicted octanol–water partition coefficient (Wildman–Crippen LogP) is 6.15. The Kier molecular flexibility index (Phi) is 14.8. The van der Waals surface area contributed by atoms with Crippen LogP contribution in [0.1, 0.15) is 111 Å². The first-order valence-corrected chi connectivity index (χ1v) is 13.2. The van der Waals surface area contributed by atoms with Gasteiger partial charge in [0.25, 0.3) is 5.92 Å². The summed E-state index contributed by atoms with van der Waals surface area (Å²) in [6, 6.07) is 0. The van der Waals surface area contributed by atoms with Crippen LogP contribution in [0.5, 0.6) is 0 Å². The number of rotatable bonds is 18. The van der Waals surface area contributed by atoms with Crippen molar-refractivity contribution in [1.82, 2.24) is 0 Å². The summed E-state index contributed by atoms with van der Waals surface area (Å²) in [6.07, 6.45) is 8.76. The zero-order chi connectivity index (χ0) is 25.6. The molecular formula is C27H46F2O5. The number of aliphatic hydroxyl groups excluding tert-OH is 2. The highest BCUT2D eigenvalue weighted by molar-refractivity contribution is 5.84. The number of alkyl halides is 2. The van der Waals surface area contributed by atoms with E-state index in [0.717, 1.165) is 57.4 Å². The molecule has 4 atom stereocenters. The molecule has 198 valence electrons. The highest BCUT2D eigenvalue weighted by Crippen LogP contribution is 2.35. The maximum Gasteiger partial charge on any atom is 0.306 e. The van der Waals surface area contributed by atoms with Crippen molar-refractivity contribution in [2.45, 2.75) is 135 Å². The molecule has 34 heavy (non-hydrogen) atoms. The summed E-state index contributed by atoms with van der Waals surface area (Å²) in [5.41, 5.74) is 0. The molecule has 0 aromatic carbocycles. The third-order valence-electron chi connectivity index (χ3n) is 6.56. The van der Waals surface area contributed by atoms with E-state index in [1.165, 1.54) is 6.08 Å². The molecule has 0 heterocycles. The lowest BCUT2D eigenvalue weighted by molar-refractivity contribution is -0.147. The quantitative estimate of drug-likeness (QED) is 0.137. The Morgan fingerprint density at radius 1 is 1.09 bits per heavy atom. The highest BCUT2D eigenvalue weighted by atomic mass is 19.3. The number of ketones is 1. The van der Waals surface area contributed by atoms with E-state index in [1.807, 2.05) is 20.8 Å². The molecule has 0 unspecified atom stereocenters. The standard InChI is InChI=1S/C27H46F2O5/c1-4-5-6-13-18-27(28,29)25(32)17-16-22-21(23(30)19-24(22)31)14-11-9-7-8-10-12-15-26(33)34-20(2)3/h16-17,20-22,24-25,31-32H,4-15,18-19H2,1-3H3/t21-,22-,24-,25-/m1/s1. The minimum Gasteiger partial charge on any atom is -0.463 e. The maximum absolute atomic E-state index is 14.2. The van der Waals surface area contributed by atoms with Gasteiger partial charge in [0, 0.05) is 31.1 Å². The van der Waals surface area contributed by atoms with Gasteiger partial charge in [-0.3, -0.25) is 9.59 Å². The van der Waals surface area contributed by atoms with Crippen molar-refractivity contribution in [2.24, 2.45) is 11.8 Å². The SMILES string of the molecule is CCCCCCC(F)(F)[C@H](O)C=C[C@H]1[C@H](O)CC(=O)[C@@H]1CCCCCCCCC(=O)OC(C)C. The van der Waals surface area contributed by atoms with Crippen LogP contribution in [0.4, 0.5) is 8.78 Å². The van der Waals surface area contributed by atoms with Crippen LogP contribution in [0.3, 0.4) is 0 Å². The van der Waals surface area contributed by atoms with Crippen LogP contribution >= 0.6 is 0 Å². The number of esters is 1.